The molecular weight excluding hydrogens is 256 g/mol. The van der Waals surface area contributed by atoms with Gasteiger partial charge in [0, 0.05) is 5.56 Å². The molecule has 1 heterocycles. The van der Waals surface area contributed by atoms with E-state index in [-0.39, 0.29) is 11.7 Å². The van der Waals surface area contributed by atoms with Gasteiger partial charge in [0.1, 0.15) is 5.76 Å². The normalized spacial score (nSPS) is 10.6. The standard InChI is InChI=1S/C15H16N2O3/c1-17(2)9-15(19)16-13-6-4-3-5-12(13)14-8-7-11(10-18)20-14/h3-8,10H,9H2,1-2H3,(H,16,19). The Hall–Kier alpha value is -2.40. The third-order valence-electron chi connectivity index (χ3n) is 2.67. The van der Waals surface area contributed by atoms with E-state index in [9.17, 15) is 9.59 Å². The summed E-state index contributed by atoms with van der Waals surface area (Å²) in [6.07, 6.45) is 0.650. The molecule has 0 saturated heterocycles. The van der Waals surface area contributed by atoms with E-state index < -0.39 is 0 Å². The van der Waals surface area contributed by atoms with E-state index in [4.69, 9.17) is 4.42 Å². The molecule has 0 aliphatic rings. The second-order valence-corrected chi connectivity index (χ2v) is 4.65. The monoisotopic (exact) mass is 272 g/mol. The van der Waals surface area contributed by atoms with Crippen LogP contribution in [0.2, 0.25) is 0 Å². The highest BCUT2D eigenvalue weighted by atomic mass is 16.3. The van der Waals surface area contributed by atoms with Gasteiger partial charge < -0.3 is 14.6 Å². The van der Waals surface area contributed by atoms with Crippen LogP contribution in [-0.2, 0) is 4.79 Å². The van der Waals surface area contributed by atoms with Crippen molar-refractivity contribution in [3.63, 3.8) is 0 Å². The van der Waals surface area contributed by atoms with Crippen LogP contribution in [0.25, 0.3) is 11.3 Å². The molecule has 1 amide bonds. The number of carbonyl (C=O) groups excluding carboxylic acids is 2. The molecule has 1 N–H and O–H groups in total. The highest BCUT2D eigenvalue weighted by Gasteiger charge is 2.11. The SMILES string of the molecule is CN(C)CC(=O)Nc1ccccc1-c1ccc(C=O)o1. The van der Waals surface area contributed by atoms with E-state index in [1.807, 2.05) is 32.3 Å². The van der Waals surface area contributed by atoms with Crippen LogP contribution < -0.4 is 5.32 Å². The van der Waals surface area contributed by atoms with Gasteiger partial charge in [-0.3, -0.25) is 9.59 Å². The van der Waals surface area contributed by atoms with Crippen LogP contribution in [0.5, 0.6) is 0 Å². The molecule has 2 rings (SSSR count). The summed E-state index contributed by atoms with van der Waals surface area (Å²) in [5.41, 5.74) is 1.40. The number of nitrogens with zero attached hydrogens (tertiary/aromatic N) is 1. The number of likely N-dealkylation sites (N-methyl/N-ethyl adjacent to an activating group) is 1. The Labute approximate surface area is 117 Å². The van der Waals surface area contributed by atoms with E-state index in [2.05, 4.69) is 5.32 Å². The highest BCUT2D eigenvalue weighted by molar-refractivity contribution is 5.96. The molecule has 104 valence electrons. The molecule has 0 bridgehead atoms. The van der Waals surface area contributed by atoms with Gasteiger partial charge in [-0.15, -0.1) is 0 Å². The quantitative estimate of drug-likeness (QED) is 0.848. The average molecular weight is 272 g/mol. The summed E-state index contributed by atoms with van der Waals surface area (Å²) in [6.45, 7) is 0.298. The van der Waals surface area contributed by atoms with E-state index in [0.717, 1.165) is 5.56 Å². The molecule has 0 unspecified atom stereocenters. The zero-order valence-corrected chi connectivity index (χ0v) is 11.4. The largest absolute Gasteiger partial charge is 0.453 e. The molecule has 2 aromatic rings. The number of rotatable bonds is 5. The number of nitrogens with one attached hydrogen (secondary N) is 1. The molecule has 1 aromatic heterocycles. The van der Waals surface area contributed by atoms with Crippen molar-refractivity contribution in [2.75, 3.05) is 26.0 Å². The van der Waals surface area contributed by atoms with Crippen LogP contribution in [0.15, 0.2) is 40.8 Å². The molecule has 0 radical (unpaired) electrons. The van der Waals surface area contributed by atoms with Crippen LogP contribution in [0.4, 0.5) is 5.69 Å². The maximum atomic E-state index is 11.8. The Morgan fingerprint density at radius 2 is 2.00 bits per heavy atom. The molecule has 5 heteroatoms. The molecular formula is C15H16N2O3. The number of amides is 1. The van der Waals surface area contributed by atoms with Gasteiger partial charge in [-0.05, 0) is 38.4 Å². The molecule has 0 saturated carbocycles. The molecule has 0 atom stereocenters. The first kappa shape index (κ1) is 14.0. The van der Waals surface area contributed by atoms with Crippen molar-refractivity contribution in [3.05, 3.63) is 42.2 Å². The van der Waals surface area contributed by atoms with Crippen LogP contribution >= 0.6 is 0 Å². The van der Waals surface area contributed by atoms with Gasteiger partial charge in [-0.2, -0.15) is 0 Å². The Kier molecular flexibility index (Phi) is 4.32. The van der Waals surface area contributed by atoms with Gasteiger partial charge in [0.05, 0.1) is 12.2 Å². The van der Waals surface area contributed by atoms with Crippen molar-refractivity contribution in [2.24, 2.45) is 0 Å². The van der Waals surface area contributed by atoms with Crippen LogP contribution in [0.3, 0.4) is 0 Å². The molecule has 0 spiro atoms. The lowest BCUT2D eigenvalue weighted by Crippen LogP contribution is -2.27. The van der Waals surface area contributed by atoms with E-state index in [0.29, 0.717) is 24.3 Å². The fourth-order valence-corrected chi connectivity index (χ4v) is 1.84. The number of para-hydroxylation sites is 1. The number of hydrogen-bond acceptors (Lipinski definition) is 4. The smallest absolute Gasteiger partial charge is 0.238 e. The predicted octanol–water partition coefficient (Wildman–Crippen LogP) is 2.26. The zero-order chi connectivity index (χ0) is 14.5. The number of benzene rings is 1. The van der Waals surface area contributed by atoms with Gasteiger partial charge in [0.25, 0.3) is 0 Å². The summed E-state index contributed by atoms with van der Waals surface area (Å²) in [5, 5.41) is 2.84. The van der Waals surface area contributed by atoms with E-state index in [1.54, 1.807) is 23.1 Å². The van der Waals surface area contributed by atoms with Crippen molar-refractivity contribution < 1.29 is 14.0 Å². The molecule has 1 aromatic carbocycles. The summed E-state index contributed by atoms with van der Waals surface area (Å²) in [5.74, 6) is 0.701. The van der Waals surface area contributed by atoms with Crippen molar-refractivity contribution in [1.82, 2.24) is 4.90 Å². The third-order valence-corrected chi connectivity index (χ3v) is 2.67. The average Bonchev–Trinajstić information content (AvgIpc) is 2.87. The van der Waals surface area contributed by atoms with E-state index in [1.165, 1.54) is 0 Å². The summed E-state index contributed by atoms with van der Waals surface area (Å²) < 4.78 is 5.39. The Morgan fingerprint density at radius 1 is 1.25 bits per heavy atom. The number of aldehydes is 1. The minimum absolute atomic E-state index is 0.107. The number of carbonyl (C=O) groups is 2. The maximum Gasteiger partial charge on any atom is 0.238 e. The molecule has 0 aliphatic carbocycles. The van der Waals surface area contributed by atoms with Crippen molar-refractivity contribution in [3.8, 4) is 11.3 Å². The first-order valence-electron chi connectivity index (χ1n) is 6.19. The topological polar surface area (TPSA) is 62.6 Å². The molecule has 5 nitrogen and oxygen atoms in total. The molecule has 0 fully saturated rings. The Morgan fingerprint density at radius 3 is 2.65 bits per heavy atom. The van der Waals surface area contributed by atoms with Gasteiger partial charge in [-0.1, -0.05) is 12.1 Å². The van der Waals surface area contributed by atoms with Gasteiger partial charge in [-0.25, -0.2) is 0 Å². The number of hydrogen-bond donors (Lipinski definition) is 1. The van der Waals surface area contributed by atoms with Gasteiger partial charge in [0.2, 0.25) is 5.91 Å². The first-order chi connectivity index (χ1) is 9.60. The number of furan rings is 1. The van der Waals surface area contributed by atoms with Crippen molar-refractivity contribution >= 4 is 17.9 Å². The van der Waals surface area contributed by atoms with Gasteiger partial charge >= 0.3 is 0 Å². The Balaban J connectivity index is 2.26. The molecule has 0 aliphatic heterocycles. The van der Waals surface area contributed by atoms with Crippen LogP contribution in [0.1, 0.15) is 10.6 Å². The highest BCUT2D eigenvalue weighted by Crippen LogP contribution is 2.29. The maximum absolute atomic E-state index is 11.8. The first-order valence-corrected chi connectivity index (χ1v) is 6.19. The Bertz CT molecular complexity index is 617. The van der Waals surface area contributed by atoms with Crippen molar-refractivity contribution in [2.45, 2.75) is 0 Å². The fourth-order valence-electron chi connectivity index (χ4n) is 1.84. The zero-order valence-electron chi connectivity index (χ0n) is 11.4. The minimum atomic E-state index is -0.107. The summed E-state index contributed by atoms with van der Waals surface area (Å²) in [4.78, 5) is 24.3. The fraction of sp³-hybridized carbons (Fsp3) is 0.200. The lowest BCUT2D eigenvalue weighted by atomic mass is 10.1. The molecule has 20 heavy (non-hydrogen) atoms. The minimum Gasteiger partial charge on any atom is -0.453 e. The van der Waals surface area contributed by atoms with Crippen molar-refractivity contribution in [1.29, 1.82) is 0 Å². The third kappa shape index (κ3) is 3.33. The predicted molar refractivity (Wildman–Crippen MR) is 76.7 cm³/mol. The van der Waals surface area contributed by atoms with Gasteiger partial charge in [0.15, 0.2) is 12.0 Å². The van der Waals surface area contributed by atoms with Crippen LogP contribution in [0, 0.1) is 0 Å². The second-order valence-electron chi connectivity index (χ2n) is 4.65. The lowest BCUT2D eigenvalue weighted by Gasteiger charge is -2.12. The number of anilines is 1. The van der Waals surface area contributed by atoms with E-state index >= 15 is 0 Å². The lowest BCUT2D eigenvalue weighted by molar-refractivity contribution is -0.116. The second kappa shape index (κ2) is 6.16. The summed E-state index contributed by atoms with van der Waals surface area (Å²) in [6, 6.07) is 10.6. The summed E-state index contributed by atoms with van der Waals surface area (Å²) >= 11 is 0. The van der Waals surface area contributed by atoms with Crippen LogP contribution in [-0.4, -0.2) is 37.7 Å². The summed E-state index contributed by atoms with van der Waals surface area (Å²) in [7, 11) is 3.66.